The molecule has 3 aliphatic carbocycles. The number of nitrogens with zero attached hydrogens (tertiary/aromatic N) is 1. The van der Waals surface area contributed by atoms with Crippen LogP contribution in [0.4, 0.5) is 0 Å². The maximum absolute atomic E-state index is 10.1. The van der Waals surface area contributed by atoms with Gasteiger partial charge in [0.05, 0.1) is 6.10 Å². The van der Waals surface area contributed by atoms with Crippen molar-refractivity contribution in [1.82, 2.24) is 4.90 Å². The molecule has 2 nitrogen and oxygen atoms in total. The summed E-state index contributed by atoms with van der Waals surface area (Å²) >= 11 is 0. The first-order valence-corrected chi connectivity index (χ1v) is 8.11. The molecule has 3 saturated carbocycles. The highest BCUT2D eigenvalue weighted by Gasteiger charge is 2.47. The van der Waals surface area contributed by atoms with E-state index in [0.29, 0.717) is 11.5 Å². The second-order valence-corrected chi connectivity index (χ2v) is 7.12. The van der Waals surface area contributed by atoms with E-state index in [-0.39, 0.29) is 6.10 Å². The molecule has 0 aromatic rings. The van der Waals surface area contributed by atoms with Crippen LogP contribution in [0.3, 0.4) is 0 Å². The summed E-state index contributed by atoms with van der Waals surface area (Å²) in [6.07, 6.45) is 14.6. The summed E-state index contributed by atoms with van der Waals surface area (Å²) in [6, 6.07) is 1.46. The van der Waals surface area contributed by atoms with Crippen LogP contribution in [0.25, 0.3) is 0 Å². The highest BCUT2D eigenvalue weighted by atomic mass is 16.3. The molecule has 0 saturated heterocycles. The molecule has 0 radical (unpaired) electrons. The molecule has 0 bridgehead atoms. The normalized spacial score (nSPS) is 36.8. The van der Waals surface area contributed by atoms with E-state index in [4.69, 9.17) is 0 Å². The Morgan fingerprint density at radius 3 is 2.28 bits per heavy atom. The summed E-state index contributed by atoms with van der Waals surface area (Å²) in [4.78, 5) is 2.68. The van der Waals surface area contributed by atoms with Crippen molar-refractivity contribution in [2.45, 2.75) is 88.8 Å². The van der Waals surface area contributed by atoms with Crippen molar-refractivity contribution in [2.24, 2.45) is 5.41 Å². The van der Waals surface area contributed by atoms with E-state index in [9.17, 15) is 5.11 Å². The summed E-state index contributed by atoms with van der Waals surface area (Å²) in [5.74, 6) is 0. The van der Waals surface area contributed by atoms with Crippen LogP contribution >= 0.6 is 0 Å². The molecule has 3 rings (SSSR count). The van der Waals surface area contributed by atoms with E-state index in [2.05, 4.69) is 11.9 Å². The maximum Gasteiger partial charge on any atom is 0.0555 e. The lowest BCUT2D eigenvalue weighted by Crippen LogP contribution is -2.52. The van der Waals surface area contributed by atoms with Gasteiger partial charge in [-0.05, 0) is 57.4 Å². The number of aliphatic hydroxyl groups is 1. The minimum Gasteiger partial charge on any atom is -0.393 e. The fourth-order valence-electron chi connectivity index (χ4n) is 5.07. The molecule has 18 heavy (non-hydrogen) atoms. The zero-order valence-corrected chi connectivity index (χ0v) is 11.9. The Balaban J connectivity index is 1.76. The predicted octanol–water partition coefficient (Wildman–Crippen LogP) is 3.33. The first-order valence-electron chi connectivity index (χ1n) is 8.11. The van der Waals surface area contributed by atoms with Crippen molar-refractivity contribution in [2.75, 3.05) is 7.05 Å². The molecule has 1 spiro atoms. The van der Waals surface area contributed by atoms with Gasteiger partial charge in [0.1, 0.15) is 0 Å². The average molecular weight is 251 g/mol. The van der Waals surface area contributed by atoms with Crippen LogP contribution in [0.1, 0.15) is 70.6 Å². The summed E-state index contributed by atoms with van der Waals surface area (Å²) in [5.41, 5.74) is 0.566. The summed E-state index contributed by atoms with van der Waals surface area (Å²) < 4.78 is 0. The third kappa shape index (κ3) is 2.22. The molecule has 0 aliphatic heterocycles. The Morgan fingerprint density at radius 2 is 1.61 bits per heavy atom. The molecule has 104 valence electrons. The Morgan fingerprint density at radius 1 is 0.944 bits per heavy atom. The first-order chi connectivity index (χ1) is 8.71. The molecule has 2 unspecified atom stereocenters. The van der Waals surface area contributed by atoms with Crippen LogP contribution in [0, 0.1) is 5.41 Å². The summed E-state index contributed by atoms with van der Waals surface area (Å²) in [6.45, 7) is 0. The van der Waals surface area contributed by atoms with Crippen molar-refractivity contribution in [1.29, 1.82) is 0 Å². The van der Waals surface area contributed by atoms with Gasteiger partial charge in [0, 0.05) is 12.1 Å². The lowest BCUT2D eigenvalue weighted by Gasteiger charge is -2.49. The number of aliphatic hydroxyl groups excluding tert-OH is 1. The van der Waals surface area contributed by atoms with Crippen LogP contribution in [0.15, 0.2) is 0 Å². The van der Waals surface area contributed by atoms with Gasteiger partial charge < -0.3 is 5.11 Å². The lowest BCUT2D eigenvalue weighted by molar-refractivity contribution is -0.0309. The monoisotopic (exact) mass is 251 g/mol. The van der Waals surface area contributed by atoms with Crippen LogP contribution in [-0.4, -0.2) is 35.2 Å². The molecule has 0 aromatic heterocycles. The van der Waals surface area contributed by atoms with Crippen LogP contribution in [0.5, 0.6) is 0 Å². The zero-order chi connectivity index (χ0) is 12.6. The van der Waals surface area contributed by atoms with Gasteiger partial charge in [-0.25, -0.2) is 0 Å². The Hall–Kier alpha value is -0.0800. The standard InChI is InChI=1S/C16H29NO/c1-17(13-6-2-3-7-13)15-12-14(18)8-11-16(15)9-4-5-10-16/h13-15,18H,2-12H2,1H3. The fraction of sp³-hybridized carbons (Fsp3) is 1.00. The first kappa shape index (κ1) is 12.9. The topological polar surface area (TPSA) is 23.5 Å². The Bertz CT molecular complexity index is 279. The van der Waals surface area contributed by atoms with Gasteiger partial charge >= 0.3 is 0 Å². The van der Waals surface area contributed by atoms with Gasteiger partial charge in [-0.15, -0.1) is 0 Å². The van der Waals surface area contributed by atoms with Gasteiger partial charge in [-0.3, -0.25) is 4.90 Å². The molecule has 0 heterocycles. The molecular weight excluding hydrogens is 222 g/mol. The number of hydrogen-bond acceptors (Lipinski definition) is 2. The van der Waals surface area contributed by atoms with Crippen LogP contribution in [-0.2, 0) is 0 Å². The minimum atomic E-state index is -0.0370. The van der Waals surface area contributed by atoms with E-state index in [0.717, 1.165) is 18.9 Å². The summed E-state index contributed by atoms with van der Waals surface area (Å²) in [5, 5.41) is 10.1. The molecule has 1 N–H and O–H groups in total. The van der Waals surface area contributed by atoms with Crippen molar-refractivity contribution in [3.8, 4) is 0 Å². The zero-order valence-electron chi connectivity index (χ0n) is 11.9. The number of rotatable bonds is 2. The van der Waals surface area contributed by atoms with Gasteiger partial charge in [0.2, 0.25) is 0 Å². The van der Waals surface area contributed by atoms with E-state index in [1.807, 2.05) is 0 Å². The molecule has 2 atom stereocenters. The largest absolute Gasteiger partial charge is 0.393 e. The Labute approximate surface area is 112 Å². The Kier molecular flexibility index (Phi) is 3.68. The highest BCUT2D eigenvalue weighted by molar-refractivity contribution is 5.01. The highest BCUT2D eigenvalue weighted by Crippen LogP contribution is 2.51. The third-order valence-electron chi connectivity index (χ3n) is 6.17. The molecule has 3 fully saturated rings. The quantitative estimate of drug-likeness (QED) is 0.813. The maximum atomic E-state index is 10.1. The predicted molar refractivity (Wildman–Crippen MR) is 74.6 cm³/mol. The van der Waals surface area contributed by atoms with Crippen molar-refractivity contribution < 1.29 is 5.11 Å². The van der Waals surface area contributed by atoms with Crippen molar-refractivity contribution in [3.63, 3.8) is 0 Å². The van der Waals surface area contributed by atoms with E-state index >= 15 is 0 Å². The third-order valence-corrected chi connectivity index (χ3v) is 6.17. The van der Waals surface area contributed by atoms with Gasteiger partial charge in [0.25, 0.3) is 0 Å². The smallest absolute Gasteiger partial charge is 0.0555 e. The van der Waals surface area contributed by atoms with Gasteiger partial charge in [-0.2, -0.15) is 0 Å². The average Bonchev–Trinajstić information content (AvgIpc) is 3.03. The van der Waals surface area contributed by atoms with Gasteiger partial charge in [0.15, 0.2) is 0 Å². The second kappa shape index (κ2) is 5.13. The molecule has 2 heteroatoms. The van der Waals surface area contributed by atoms with Gasteiger partial charge in [-0.1, -0.05) is 25.7 Å². The van der Waals surface area contributed by atoms with Crippen LogP contribution in [0.2, 0.25) is 0 Å². The molecule has 0 aromatic carbocycles. The number of hydrogen-bond donors (Lipinski definition) is 1. The SMILES string of the molecule is CN(C1CCCC1)C1CC(O)CCC12CCCC2. The molecular formula is C16H29NO. The molecule has 3 aliphatic rings. The van der Waals surface area contributed by atoms with Crippen molar-refractivity contribution >= 4 is 0 Å². The van der Waals surface area contributed by atoms with Crippen molar-refractivity contribution in [3.05, 3.63) is 0 Å². The molecule has 0 amide bonds. The summed E-state index contributed by atoms with van der Waals surface area (Å²) in [7, 11) is 2.35. The minimum absolute atomic E-state index is 0.0370. The van der Waals surface area contributed by atoms with Crippen LogP contribution < -0.4 is 0 Å². The fourth-order valence-corrected chi connectivity index (χ4v) is 5.07. The van der Waals surface area contributed by atoms with E-state index in [1.165, 1.54) is 57.8 Å². The van der Waals surface area contributed by atoms with E-state index < -0.39 is 0 Å². The lowest BCUT2D eigenvalue weighted by atomic mass is 9.67. The van der Waals surface area contributed by atoms with E-state index in [1.54, 1.807) is 0 Å². The second-order valence-electron chi connectivity index (χ2n) is 7.12.